The standard InChI is InChI=1S/C25H22F6N4O4.C5H10O2/c1-32-17-12-16(24(26,27)28)19-18(37)9-5-8-15(36)10-11-23(25(29,30)31,38-13-14-6-3-2-4-7-14)22-35-34-21(39-22)20(17)33-19;1-5(2,3)7-4-6/h2-4,6-7,12,32H,5,8-11,13H2,1H3;4H,1-3H3. The normalized spacial score (nSPS) is 17.8. The molecule has 2 aromatic heterocycles. The number of rotatable bonds is 5. The van der Waals surface area contributed by atoms with Gasteiger partial charge >= 0.3 is 12.4 Å². The molecule has 3 aromatic rings. The van der Waals surface area contributed by atoms with E-state index in [1.807, 2.05) is 20.8 Å². The van der Waals surface area contributed by atoms with Crippen molar-refractivity contribution in [3.05, 3.63) is 59.1 Å². The van der Waals surface area contributed by atoms with E-state index < -0.39 is 84.1 Å². The molecule has 0 saturated carbocycles. The van der Waals surface area contributed by atoms with Crippen molar-refractivity contribution in [1.82, 2.24) is 15.2 Å². The molecule has 10 nitrogen and oxygen atoms in total. The molecule has 46 heavy (non-hydrogen) atoms. The summed E-state index contributed by atoms with van der Waals surface area (Å²) in [7, 11) is 1.26. The molecular weight excluding hydrogens is 626 g/mol. The number of ketones is 2. The Labute approximate surface area is 259 Å². The maximum atomic E-state index is 14.7. The van der Waals surface area contributed by atoms with Crippen molar-refractivity contribution in [3.8, 4) is 11.6 Å². The molecule has 250 valence electrons. The third-order valence-electron chi connectivity index (χ3n) is 6.64. The van der Waals surface area contributed by atoms with Crippen molar-refractivity contribution >= 4 is 23.7 Å². The lowest BCUT2D eigenvalue weighted by Crippen LogP contribution is -2.45. The molecule has 0 fully saturated rings. The number of nitrogens with one attached hydrogen (secondary N) is 1. The first kappa shape index (κ1) is 36.1. The fraction of sp³-hybridized carbons (Fsp3) is 0.467. The summed E-state index contributed by atoms with van der Waals surface area (Å²) in [6, 6.07) is 8.56. The average molecular weight is 659 g/mol. The minimum absolute atomic E-state index is 0.179. The van der Waals surface area contributed by atoms with Crippen LogP contribution in [0.25, 0.3) is 11.6 Å². The number of Topliss-reactive ketones (excluding diaryl/α,β-unsaturated/α-hetero) is 2. The van der Waals surface area contributed by atoms with Crippen LogP contribution < -0.4 is 5.32 Å². The van der Waals surface area contributed by atoms with Crippen molar-refractivity contribution in [3.63, 3.8) is 0 Å². The molecule has 1 unspecified atom stereocenters. The molecule has 3 heterocycles. The maximum absolute atomic E-state index is 14.7. The van der Waals surface area contributed by atoms with Crippen LogP contribution in [-0.2, 0) is 37.4 Å². The molecule has 0 aliphatic carbocycles. The molecule has 1 aromatic carbocycles. The van der Waals surface area contributed by atoms with Crippen LogP contribution in [0.1, 0.15) is 80.4 Å². The first-order valence-electron chi connectivity index (χ1n) is 14.0. The Hall–Kier alpha value is -4.34. The lowest BCUT2D eigenvalue weighted by atomic mass is 9.93. The first-order chi connectivity index (χ1) is 21.4. The third kappa shape index (κ3) is 8.89. The van der Waals surface area contributed by atoms with Gasteiger partial charge in [-0.05, 0) is 38.8 Å². The van der Waals surface area contributed by atoms with Gasteiger partial charge in [-0.15, -0.1) is 10.2 Å². The molecule has 1 N–H and O–H groups in total. The second kappa shape index (κ2) is 14.4. The van der Waals surface area contributed by atoms with Gasteiger partial charge in [-0.25, -0.2) is 4.98 Å². The summed E-state index contributed by atoms with van der Waals surface area (Å²) < 4.78 is 101. The second-order valence-electron chi connectivity index (χ2n) is 11.2. The summed E-state index contributed by atoms with van der Waals surface area (Å²) in [6.07, 6.45) is -12.6. The summed E-state index contributed by atoms with van der Waals surface area (Å²) >= 11 is 0. The zero-order valence-electron chi connectivity index (χ0n) is 25.3. The van der Waals surface area contributed by atoms with Gasteiger partial charge in [-0.1, -0.05) is 30.3 Å². The average Bonchev–Trinajstić information content (AvgIpc) is 3.45. The Bertz CT molecular complexity index is 1520. The molecule has 0 saturated heterocycles. The Morgan fingerprint density at radius 2 is 1.65 bits per heavy atom. The quantitative estimate of drug-likeness (QED) is 0.229. The van der Waals surface area contributed by atoms with E-state index in [-0.39, 0.29) is 24.1 Å². The first-order valence-corrected chi connectivity index (χ1v) is 14.0. The predicted molar refractivity (Wildman–Crippen MR) is 150 cm³/mol. The van der Waals surface area contributed by atoms with E-state index in [0.717, 1.165) is 0 Å². The van der Waals surface area contributed by atoms with Crippen LogP contribution in [0.5, 0.6) is 0 Å². The minimum Gasteiger partial charge on any atom is -0.462 e. The van der Waals surface area contributed by atoms with E-state index in [1.165, 1.54) is 7.05 Å². The van der Waals surface area contributed by atoms with Crippen LogP contribution >= 0.6 is 0 Å². The van der Waals surface area contributed by atoms with Crippen molar-refractivity contribution in [2.24, 2.45) is 0 Å². The highest BCUT2D eigenvalue weighted by atomic mass is 19.4. The van der Waals surface area contributed by atoms with Gasteiger partial charge < -0.3 is 19.2 Å². The van der Waals surface area contributed by atoms with E-state index in [9.17, 15) is 40.7 Å². The summed E-state index contributed by atoms with van der Waals surface area (Å²) in [5.74, 6) is -3.36. The Morgan fingerprint density at radius 3 is 2.20 bits per heavy atom. The largest absolute Gasteiger partial charge is 0.462 e. The molecule has 4 bridgehead atoms. The molecule has 0 spiro atoms. The Balaban J connectivity index is 0.000000738. The van der Waals surface area contributed by atoms with Gasteiger partial charge in [0.2, 0.25) is 5.60 Å². The second-order valence-corrected chi connectivity index (χ2v) is 11.2. The summed E-state index contributed by atoms with van der Waals surface area (Å²) in [5.41, 5.74) is -6.20. The number of hydrogen-bond acceptors (Lipinski definition) is 10. The zero-order valence-corrected chi connectivity index (χ0v) is 25.3. The van der Waals surface area contributed by atoms with Crippen LogP contribution in [0.2, 0.25) is 0 Å². The van der Waals surface area contributed by atoms with Gasteiger partial charge in [-0.2, -0.15) is 26.3 Å². The van der Waals surface area contributed by atoms with Gasteiger partial charge in [0.25, 0.3) is 18.3 Å². The fourth-order valence-corrected chi connectivity index (χ4v) is 4.29. The highest BCUT2D eigenvalue weighted by Crippen LogP contribution is 2.47. The van der Waals surface area contributed by atoms with Crippen molar-refractivity contribution in [1.29, 1.82) is 0 Å². The molecule has 4 rings (SSSR count). The maximum Gasteiger partial charge on any atom is 0.426 e. The van der Waals surface area contributed by atoms with Crippen LogP contribution in [0.3, 0.4) is 0 Å². The number of pyridine rings is 1. The number of fused-ring (bicyclic) bond motifs is 5. The number of alkyl halides is 6. The minimum atomic E-state index is -5.14. The Morgan fingerprint density at radius 1 is 0.978 bits per heavy atom. The molecule has 0 radical (unpaired) electrons. The molecular formula is C30H32F6N4O6. The number of nitrogens with zero attached hydrogens (tertiary/aromatic N) is 3. The van der Waals surface area contributed by atoms with Crippen LogP contribution in [0.15, 0.2) is 40.8 Å². The van der Waals surface area contributed by atoms with Crippen LogP contribution in [-0.4, -0.2) is 52.0 Å². The zero-order chi connectivity index (χ0) is 34.3. The molecule has 16 heteroatoms. The SMILES string of the molecule is CC(C)(C)OC=O.CNc1cc(C(F)(F)F)c2nc1-c1nnc(o1)C(OCc1ccccc1)(C(F)(F)F)CCC(=O)CCCC2=O. The van der Waals surface area contributed by atoms with Crippen molar-refractivity contribution in [2.75, 3.05) is 12.4 Å². The van der Waals surface area contributed by atoms with Gasteiger partial charge in [-0.3, -0.25) is 14.4 Å². The number of benzene rings is 1. The van der Waals surface area contributed by atoms with E-state index in [0.29, 0.717) is 18.1 Å². The van der Waals surface area contributed by atoms with Gasteiger partial charge in [0.15, 0.2) is 11.5 Å². The molecule has 1 aliphatic rings. The molecule has 1 atom stereocenters. The van der Waals surface area contributed by atoms with Gasteiger partial charge in [0, 0.05) is 32.7 Å². The monoisotopic (exact) mass is 658 g/mol. The lowest BCUT2D eigenvalue weighted by Gasteiger charge is -2.32. The number of halogens is 6. The number of ether oxygens (including phenoxy) is 2. The van der Waals surface area contributed by atoms with Crippen molar-refractivity contribution in [2.45, 2.75) is 83.0 Å². The van der Waals surface area contributed by atoms with E-state index in [2.05, 4.69) is 25.2 Å². The number of hydrogen-bond donors (Lipinski definition) is 1. The van der Waals surface area contributed by atoms with Crippen LogP contribution in [0, 0.1) is 0 Å². The van der Waals surface area contributed by atoms with Gasteiger partial charge in [0.1, 0.15) is 17.1 Å². The van der Waals surface area contributed by atoms with E-state index in [1.54, 1.807) is 30.3 Å². The number of anilines is 1. The fourth-order valence-electron chi connectivity index (χ4n) is 4.29. The smallest absolute Gasteiger partial charge is 0.426 e. The lowest BCUT2D eigenvalue weighted by molar-refractivity contribution is -0.299. The van der Waals surface area contributed by atoms with Gasteiger partial charge in [0.05, 0.1) is 17.9 Å². The van der Waals surface area contributed by atoms with Crippen molar-refractivity contribution < 1.29 is 54.6 Å². The highest BCUT2D eigenvalue weighted by molar-refractivity contribution is 5.97. The third-order valence-corrected chi connectivity index (χ3v) is 6.64. The van der Waals surface area contributed by atoms with Crippen LogP contribution in [0.4, 0.5) is 32.0 Å². The Kier molecular flexibility index (Phi) is 11.3. The summed E-state index contributed by atoms with van der Waals surface area (Å²) in [6.45, 7) is 5.40. The van der Waals surface area contributed by atoms with E-state index in [4.69, 9.17) is 9.15 Å². The predicted octanol–water partition coefficient (Wildman–Crippen LogP) is 6.84. The highest BCUT2D eigenvalue weighted by Gasteiger charge is 2.61. The number of carbonyl (C=O) groups is 3. The topological polar surface area (TPSA) is 134 Å². The summed E-state index contributed by atoms with van der Waals surface area (Å²) in [5, 5.41) is 9.62. The number of aromatic nitrogens is 3. The van der Waals surface area contributed by atoms with E-state index >= 15 is 0 Å². The molecule has 1 aliphatic heterocycles. The number of carbonyl (C=O) groups excluding carboxylic acids is 3. The molecule has 0 amide bonds. The summed E-state index contributed by atoms with van der Waals surface area (Å²) in [4.78, 5) is 38.6.